The van der Waals surface area contributed by atoms with E-state index >= 15 is 0 Å². The number of sulfonamides is 1. The van der Waals surface area contributed by atoms with Gasteiger partial charge < -0.3 is 10.2 Å². The maximum atomic E-state index is 13.5. The summed E-state index contributed by atoms with van der Waals surface area (Å²) in [5, 5.41) is 3.58. The minimum Gasteiger partial charge on any atom is -0.356 e. The van der Waals surface area contributed by atoms with Crippen LogP contribution in [-0.2, 0) is 14.8 Å². The fourth-order valence-electron chi connectivity index (χ4n) is 4.89. The number of pyridine rings is 1. The van der Waals surface area contributed by atoms with E-state index in [9.17, 15) is 17.6 Å². The van der Waals surface area contributed by atoms with Crippen LogP contribution in [0.3, 0.4) is 0 Å². The molecule has 0 saturated carbocycles. The van der Waals surface area contributed by atoms with Gasteiger partial charge in [0, 0.05) is 37.3 Å². The van der Waals surface area contributed by atoms with E-state index in [4.69, 9.17) is 4.98 Å². The maximum Gasteiger partial charge on any atom is 0.243 e. The number of nitrogens with zero attached hydrogens (tertiary/aromatic N) is 3. The van der Waals surface area contributed by atoms with Crippen molar-refractivity contribution >= 4 is 38.3 Å². The molecular formula is C26H29FN4O3S. The SMILES string of the molecule is O=C(Nc1cccc(F)c1)[C@@H]1CCCN(c2ccc3cc(S(=O)(=O)N4CCCCC4)ccc3n2)C1. The predicted octanol–water partition coefficient (Wildman–Crippen LogP) is 4.40. The van der Waals surface area contributed by atoms with Crippen molar-refractivity contribution in [3.8, 4) is 0 Å². The first-order chi connectivity index (χ1) is 16.9. The van der Waals surface area contributed by atoms with Crippen LogP contribution in [0.15, 0.2) is 59.5 Å². The molecule has 0 bridgehead atoms. The highest BCUT2D eigenvalue weighted by Gasteiger charge is 2.28. The first-order valence-corrected chi connectivity index (χ1v) is 13.6. The van der Waals surface area contributed by atoms with Crippen molar-refractivity contribution < 1.29 is 17.6 Å². The summed E-state index contributed by atoms with van der Waals surface area (Å²) < 4.78 is 41.1. The van der Waals surface area contributed by atoms with Gasteiger partial charge in [-0.1, -0.05) is 12.5 Å². The number of carbonyl (C=O) groups is 1. The van der Waals surface area contributed by atoms with Crippen LogP contribution in [0.2, 0.25) is 0 Å². The Kier molecular flexibility index (Phi) is 6.71. The van der Waals surface area contributed by atoms with Gasteiger partial charge in [-0.25, -0.2) is 17.8 Å². The molecule has 1 aromatic heterocycles. The smallest absolute Gasteiger partial charge is 0.243 e. The molecule has 0 radical (unpaired) electrons. The summed E-state index contributed by atoms with van der Waals surface area (Å²) in [7, 11) is -3.50. The molecule has 1 N–H and O–H groups in total. The summed E-state index contributed by atoms with van der Waals surface area (Å²) in [5.41, 5.74) is 1.16. The molecule has 0 unspecified atom stereocenters. The second kappa shape index (κ2) is 9.91. The van der Waals surface area contributed by atoms with Gasteiger partial charge >= 0.3 is 0 Å². The third-order valence-corrected chi connectivity index (χ3v) is 8.70. The molecule has 3 heterocycles. The monoisotopic (exact) mass is 496 g/mol. The number of benzene rings is 2. The van der Waals surface area contributed by atoms with E-state index in [1.165, 1.54) is 12.1 Å². The number of anilines is 2. The lowest BCUT2D eigenvalue weighted by molar-refractivity contribution is -0.120. The Balaban J connectivity index is 1.31. The molecule has 1 atom stereocenters. The third kappa shape index (κ3) is 5.16. The van der Waals surface area contributed by atoms with Crippen LogP contribution in [0, 0.1) is 11.7 Å². The molecule has 5 rings (SSSR count). The Morgan fingerprint density at radius 2 is 1.80 bits per heavy atom. The second-order valence-electron chi connectivity index (χ2n) is 9.27. The summed E-state index contributed by atoms with van der Waals surface area (Å²) in [6, 6.07) is 14.8. The number of piperidine rings is 2. The number of carbonyl (C=O) groups excluding carboxylic acids is 1. The Labute approximate surface area is 205 Å². The van der Waals surface area contributed by atoms with Gasteiger partial charge in [0.1, 0.15) is 11.6 Å². The lowest BCUT2D eigenvalue weighted by Crippen LogP contribution is -2.41. The van der Waals surface area contributed by atoms with Crippen molar-refractivity contribution in [3.05, 3.63) is 60.4 Å². The molecule has 35 heavy (non-hydrogen) atoms. The van der Waals surface area contributed by atoms with E-state index in [1.807, 2.05) is 12.1 Å². The quantitative estimate of drug-likeness (QED) is 0.566. The van der Waals surface area contributed by atoms with Gasteiger partial charge in [0.2, 0.25) is 15.9 Å². The van der Waals surface area contributed by atoms with Gasteiger partial charge in [0.25, 0.3) is 0 Å². The zero-order valence-electron chi connectivity index (χ0n) is 19.5. The number of nitrogens with one attached hydrogen (secondary N) is 1. The minimum absolute atomic E-state index is 0.131. The Morgan fingerprint density at radius 3 is 2.60 bits per heavy atom. The number of rotatable bonds is 5. The van der Waals surface area contributed by atoms with Crippen molar-refractivity contribution in [1.29, 1.82) is 0 Å². The summed E-state index contributed by atoms with van der Waals surface area (Å²) in [5.74, 6) is 0.00272. The van der Waals surface area contributed by atoms with Gasteiger partial charge in [-0.2, -0.15) is 4.31 Å². The summed E-state index contributed by atoms with van der Waals surface area (Å²) in [6.45, 7) is 2.44. The zero-order chi connectivity index (χ0) is 24.4. The molecule has 2 fully saturated rings. The van der Waals surface area contributed by atoms with E-state index in [2.05, 4.69) is 10.2 Å². The van der Waals surface area contributed by atoms with Crippen molar-refractivity contribution in [2.45, 2.75) is 37.0 Å². The van der Waals surface area contributed by atoms with Crippen LogP contribution < -0.4 is 10.2 Å². The largest absolute Gasteiger partial charge is 0.356 e. The highest BCUT2D eigenvalue weighted by molar-refractivity contribution is 7.89. The fourth-order valence-corrected chi connectivity index (χ4v) is 6.45. The number of hydrogen-bond donors (Lipinski definition) is 1. The Morgan fingerprint density at radius 1 is 0.971 bits per heavy atom. The van der Waals surface area contributed by atoms with Crippen LogP contribution >= 0.6 is 0 Å². The first-order valence-electron chi connectivity index (χ1n) is 12.1. The summed E-state index contributed by atoms with van der Waals surface area (Å²) in [4.78, 5) is 19.9. The molecule has 0 aliphatic carbocycles. The molecule has 184 valence electrons. The molecule has 2 aromatic carbocycles. The molecule has 2 saturated heterocycles. The molecule has 9 heteroatoms. The molecule has 7 nitrogen and oxygen atoms in total. The van der Waals surface area contributed by atoms with Crippen LogP contribution in [0.4, 0.5) is 15.9 Å². The van der Waals surface area contributed by atoms with E-state index in [-0.39, 0.29) is 17.6 Å². The van der Waals surface area contributed by atoms with Gasteiger partial charge in [-0.05, 0) is 74.2 Å². The highest BCUT2D eigenvalue weighted by Crippen LogP contribution is 2.28. The number of amides is 1. The van der Waals surface area contributed by atoms with Gasteiger partial charge in [0.15, 0.2) is 0 Å². The molecule has 2 aliphatic rings. The summed E-state index contributed by atoms with van der Waals surface area (Å²) in [6.07, 6.45) is 4.46. The number of halogens is 1. The molecule has 0 spiro atoms. The van der Waals surface area contributed by atoms with E-state index < -0.39 is 10.0 Å². The Bertz CT molecular complexity index is 1340. The number of hydrogen-bond acceptors (Lipinski definition) is 5. The van der Waals surface area contributed by atoms with Crippen molar-refractivity contribution in [2.75, 3.05) is 36.4 Å². The van der Waals surface area contributed by atoms with Gasteiger partial charge in [-0.15, -0.1) is 0 Å². The topological polar surface area (TPSA) is 82.6 Å². The van der Waals surface area contributed by atoms with Gasteiger partial charge in [-0.3, -0.25) is 4.79 Å². The third-order valence-electron chi connectivity index (χ3n) is 6.81. The molecular weight excluding hydrogens is 467 g/mol. The van der Waals surface area contributed by atoms with E-state index in [0.717, 1.165) is 49.9 Å². The standard InChI is InChI=1S/C26H29FN4O3S/c27-21-7-4-8-22(17-21)28-26(32)20-6-5-13-30(18-20)25-12-9-19-16-23(10-11-24(19)29-25)35(33,34)31-14-2-1-3-15-31/h4,7-12,16-17,20H,1-3,5-6,13-15,18H2,(H,28,32)/t20-/m1/s1. The molecule has 2 aliphatic heterocycles. The second-order valence-corrected chi connectivity index (χ2v) is 11.2. The summed E-state index contributed by atoms with van der Waals surface area (Å²) >= 11 is 0. The number of aromatic nitrogens is 1. The minimum atomic E-state index is -3.50. The average Bonchev–Trinajstić information content (AvgIpc) is 2.88. The average molecular weight is 497 g/mol. The van der Waals surface area contributed by atoms with Crippen LogP contribution in [0.25, 0.3) is 10.9 Å². The van der Waals surface area contributed by atoms with Crippen LogP contribution in [0.5, 0.6) is 0 Å². The lowest BCUT2D eigenvalue weighted by Gasteiger charge is -2.33. The van der Waals surface area contributed by atoms with Gasteiger partial charge in [0.05, 0.1) is 16.3 Å². The normalized spacial score (nSPS) is 19.6. The Hall–Kier alpha value is -3.04. The molecule has 1 amide bonds. The first kappa shape index (κ1) is 23.7. The van der Waals surface area contributed by atoms with Crippen molar-refractivity contribution in [2.24, 2.45) is 5.92 Å². The van der Waals surface area contributed by atoms with Crippen molar-refractivity contribution in [1.82, 2.24) is 9.29 Å². The highest BCUT2D eigenvalue weighted by atomic mass is 32.2. The van der Waals surface area contributed by atoms with Crippen LogP contribution in [0.1, 0.15) is 32.1 Å². The fraction of sp³-hybridized carbons (Fsp3) is 0.385. The maximum absolute atomic E-state index is 13.5. The lowest BCUT2D eigenvalue weighted by atomic mass is 9.97. The van der Waals surface area contributed by atoms with Crippen molar-refractivity contribution in [3.63, 3.8) is 0 Å². The van der Waals surface area contributed by atoms with E-state index in [0.29, 0.717) is 35.7 Å². The molecule has 3 aromatic rings. The van der Waals surface area contributed by atoms with E-state index in [1.54, 1.807) is 34.6 Å². The number of fused-ring (bicyclic) bond motifs is 1. The zero-order valence-corrected chi connectivity index (χ0v) is 20.3. The predicted molar refractivity (Wildman–Crippen MR) is 134 cm³/mol. The van der Waals surface area contributed by atoms with Crippen LogP contribution in [-0.4, -0.2) is 49.8 Å².